The molecule has 33 heavy (non-hydrogen) atoms. The average Bonchev–Trinajstić information content (AvgIpc) is 3.14. The zero-order valence-corrected chi connectivity index (χ0v) is 19.4. The van der Waals surface area contributed by atoms with Crippen molar-refractivity contribution in [1.82, 2.24) is 20.2 Å². The molecule has 9 nitrogen and oxygen atoms in total. The molecule has 9 heteroatoms. The maximum Gasteiger partial charge on any atom is 0.325 e. The van der Waals surface area contributed by atoms with Gasteiger partial charge in [-0.1, -0.05) is 0 Å². The molecule has 2 aromatic rings. The van der Waals surface area contributed by atoms with E-state index in [1.54, 1.807) is 16.9 Å². The van der Waals surface area contributed by atoms with Crippen molar-refractivity contribution in [3.8, 4) is 11.8 Å². The summed E-state index contributed by atoms with van der Waals surface area (Å²) in [6.07, 6.45) is 3.36. The van der Waals surface area contributed by atoms with Crippen molar-refractivity contribution >= 4 is 17.6 Å². The molecule has 1 aromatic heterocycles. The Morgan fingerprint density at radius 1 is 1.06 bits per heavy atom. The predicted octanol–water partition coefficient (Wildman–Crippen LogP) is 2.85. The number of aryl methyl sites for hydroxylation is 2. The van der Waals surface area contributed by atoms with Crippen LogP contribution in [-0.4, -0.2) is 65.7 Å². The Morgan fingerprint density at radius 3 is 2.36 bits per heavy atom. The number of methoxy groups -OCH3 is 1. The molecule has 0 radical (unpaired) electrons. The van der Waals surface area contributed by atoms with Crippen LogP contribution in [0.3, 0.4) is 0 Å². The number of benzene rings is 1. The van der Waals surface area contributed by atoms with E-state index < -0.39 is 0 Å². The van der Waals surface area contributed by atoms with Gasteiger partial charge in [0.1, 0.15) is 18.4 Å². The zero-order valence-electron chi connectivity index (χ0n) is 19.4. The third-order valence-electron chi connectivity index (χ3n) is 6.09. The summed E-state index contributed by atoms with van der Waals surface area (Å²) in [6, 6.07) is 9.63. The van der Waals surface area contributed by atoms with Crippen molar-refractivity contribution in [2.45, 2.75) is 51.7 Å². The number of hydrogen-bond donors (Lipinski definition) is 1. The Labute approximate surface area is 194 Å². The molecule has 0 spiro atoms. The van der Waals surface area contributed by atoms with Gasteiger partial charge < -0.3 is 19.7 Å². The highest BCUT2D eigenvalue weighted by molar-refractivity contribution is 5.96. The van der Waals surface area contributed by atoms with E-state index in [4.69, 9.17) is 9.47 Å². The van der Waals surface area contributed by atoms with E-state index in [0.717, 1.165) is 48.5 Å². The number of aromatic nitrogens is 2. The fourth-order valence-electron chi connectivity index (χ4n) is 4.40. The molecule has 1 aliphatic heterocycles. The normalized spacial score (nSPS) is 20.6. The molecule has 0 atom stereocenters. The van der Waals surface area contributed by atoms with Gasteiger partial charge in [0.2, 0.25) is 5.91 Å². The van der Waals surface area contributed by atoms with Crippen molar-refractivity contribution in [3.63, 3.8) is 0 Å². The number of nitrogens with one attached hydrogen (secondary N) is 1. The minimum absolute atomic E-state index is 0.0533. The van der Waals surface area contributed by atoms with Crippen LogP contribution >= 0.6 is 0 Å². The molecule has 0 unspecified atom stereocenters. The average molecular weight is 454 g/mol. The number of carbonyl (C=O) groups is 2. The lowest BCUT2D eigenvalue weighted by Gasteiger charge is -2.29. The van der Waals surface area contributed by atoms with Gasteiger partial charge in [0.05, 0.1) is 7.11 Å². The molecule has 2 heterocycles. The van der Waals surface area contributed by atoms with Crippen LogP contribution in [0.4, 0.5) is 10.5 Å². The van der Waals surface area contributed by atoms with E-state index >= 15 is 0 Å². The van der Waals surface area contributed by atoms with E-state index in [1.165, 1.54) is 0 Å². The molecule has 1 aromatic carbocycles. The second-order valence-electron chi connectivity index (χ2n) is 8.65. The third-order valence-corrected chi connectivity index (χ3v) is 6.09. The van der Waals surface area contributed by atoms with Gasteiger partial charge in [-0.3, -0.25) is 9.69 Å². The highest BCUT2D eigenvalue weighted by atomic mass is 16.5. The predicted molar refractivity (Wildman–Crippen MR) is 124 cm³/mol. The first-order valence-corrected chi connectivity index (χ1v) is 11.4. The first kappa shape index (κ1) is 22.8. The Balaban J connectivity index is 1.22. The number of nitrogens with zero attached hydrogens (tertiary/aromatic N) is 4. The van der Waals surface area contributed by atoms with Gasteiger partial charge in [-0.25, -0.2) is 14.8 Å². The summed E-state index contributed by atoms with van der Waals surface area (Å²) in [5.74, 6) is 0.616. The van der Waals surface area contributed by atoms with Gasteiger partial charge in [-0.15, -0.1) is 0 Å². The van der Waals surface area contributed by atoms with Crippen molar-refractivity contribution in [2.24, 2.45) is 0 Å². The maximum atomic E-state index is 12.8. The van der Waals surface area contributed by atoms with Crippen LogP contribution in [0.2, 0.25) is 0 Å². The standard InChI is InChI=1S/C24H31N5O4/c1-16-14-17(2)26-23(25-16)33-21-8-4-18(5-9-21)27-22(30)15-28-12-13-29(24(28)31)19-6-10-20(32-3)11-7-19/h6-7,10-11,14,18,21H,4-5,8-9,12-13,15H2,1-3H3,(H,27,30). The molecule has 0 bridgehead atoms. The smallest absolute Gasteiger partial charge is 0.325 e. The molecule has 1 N–H and O–H groups in total. The number of rotatable bonds is 7. The van der Waals surface area contributed by atoms with E-state index in [0.29, 0.717) is 19.1 Å². The van der Waals surface area contributed by atoms with Gasteiger partial charge >= 0.3 is 12.0 Å². The molecule has 1 saturated heterocycles. The minimum atomic E-state index is -0.152. The molecule has 3 amide bonds. The third kappa shape index (κ3) is 5.71. The molecular formula is C24H31N5O4. The Hall–Kier alpha value is -3.36. The summed E-state index contributed by atoms with van der Waals surface area (Å²) in [6.45, 7) is 5.00. The summed E-state index contributed by atoms with van der Waals surface area (Å²) in [4.78, 5) is 37.3. The summed E-state index contributed by atoms with van der Waals surface area (Å²) in [7, 11) is 1.61. The monoisotopic (exact) mass is 453 g/mol. The van der Waals surface area contributed by atoms with Gasteiger partial charge in [-0.2, -0.15) is 0 Å². The number of ether oxygens (including phenoxy) is 2. The van der Waals surface area contributed by atoms with E-state index in [9.17, 15) is 9.59 Å². The molecule has 4 rings (SSSR count). The summed E-state index contributed by atoms with van der Waals surface area (Å²) in [5, 5.41) is 3.08. The Morgan fingerprint density at radius 2 is 1.73 bits per heavy atom. The highest BCUT2D eigenvalue weighted by Crippen LogP contribution is 2.24. The summed E-state index contributed by atoms with van der Waals surface area (Å²) < 4.78 is 11.1. The Bertz CT molecular complexity index is 969. The first-order chi connectivity index (χ1) is 15.9. The van der Waals surface area contributed by atoms with Crippen molar-refractivity contribution in [3.05, 3.63) is 41.7 Å². The number of hydrogen-bond acceptors (Lipinski definition) is 6. The number of anilines is 1. The second kappa shape index (κ2) is 10.1. The molecule has 1 saturated carbocycles. The van der Waals surface area contributed by atoms with Crippen molar-refractivity contribution < 1.29 is 19.1 Å². The fourth-order valence-corrected chi connectivity index (χ4v) is 4.40. The van der Waals surface area contributed by atoms with Gasteiger partial charge in [-0.05, 0) is 69.9 Å². The zero-order chi connectivity index (χ0) is 23.4. The van der Waals surface area contributed by atoms with Crippen molar-refractivity contribution in [1.29, 1.82) is 0 Å². The topological polar surface area (TPSA) is 96.9 Å². The SMILES string of the molecule is COc1ccc(N2CCN(CC(=O)NC3CCC(Oc4nc(C)cc(C)n4)CC3)C2=O)cc1. The molecule has 176 valence electrons. The molecule has 2 aliphatic rings. The lowest BCUT2D eigenvalue weighted by molar-refractivity contribution is -0.122. The van der Waals surface area contributed by atoms with Crippen LogP contribution in [0.25, 0.3) is 0 Å². The number of carbonyl (C=O) groups excluding carboxylic acids is 2. The van der Waals surface area contributed by atoms with Gasteiger partial charge in [0.15, 0.2) is 0 Å². The summed E-state index contributed by atoms with van der Waals surface area (Å²) in [5.41, 5.74) is 2.58. The van der Waals surface area contributed by atoms with Crippen LogP contribution in [0.15, 0.2) is 30.3 Å². The van der Waals surface area contributed by atoms with E-state index in [2.05, 4.69) is 15.3 Å². The molecular weight excluding hydrogens is 422 g/mol. The van der Waals surface area contributed by atoms with Gasteiger partial charge in [0, 0.05) is 36.2 Å². The van der Waals surface area contributed by atoms with E-state index in [1.807, 2.05) is 44.2 Å². The fraction of sp³-hybridized carbons (Fsp3) is 0.500. The van der Waals surface area contributed by atoms with Crippen LogP contribution in [0, 0.1) is 13.8 Å². The lowest BCUT2D eigenvalue weighted by atomic mass is 9.93. The minimum Gasteiger partial charge on any atom is -0.497 e. The Kier molecular flexibility index (Phi) is 6.96. The molecule has 1 aliphatic carbocycles. The lowest BCUT2D eigenvalue weighted by Crippen LogP contribution is -2.45. The summed E-state index contributed by atoms with van der Waals surface area (Å²) >= 11 is 0. The van der Waals surface area contributed by atoms with E-state index in [-0.39, 0.29) is 30.6 Å². The van der Waals surface area contributed by atoms with Crippen LogP contribution in [0.1, 0.15) is 37.1 Å². The second-order valence-corrected chi connectivity index (χ2v) is 8.65. The number of amides is 3. The van der Waals surface area contributed by atoms with Crippen molar-refractivity contribution in [2.75, 3.05) is 31.6 Å². The molecule has 2 fully saturated rings. The highest BCUT2D eigenvalue weighted by Gasteiger charge is 2.32. The van der Waals surface area contributed by atoms with Crippen LogP contribution < -0.4 is 19.7 Å². The number of urea groups is 1. The quantitative estimate of drug-likeness (QED) is 0.693. The van der Waals surface area contributed by atoms with Crippen LogP contribution in [-0.2, 0) is 4.79 Å². The maximum absolute atomic E-state index is 12.8. The van der Waals surface area contributed by atoms with Crippen LogP contribution in [0.5, 0.6) is 11.8 Å². The van der Waals surface area contributed by atoms with Gasteiger partial charge in [0.25, 0.3) is 0 Å². The largest absolute Gasteiger partial charge is 0.497 e. The first-order valence-electron chi connectivity index (χ1n) is 11.4.